The number of nitrogens with one attached hydrogen (secondary N) is 2. The molecule has 2 N–H and O–H groups in total. The fourth-order valence-electron chi connectivity index (χ4n) is 4.08. The Morgan fingerprint density at radius 2 is 2.07 bits per heavy atom. The highest BCUT2D eigenvalue weighted by atomic mass is 35.5. The molecule has 1 saturated heterocycles. The van der Waals surface area contributed by atoms with Gasteiger partial charge in [0, 0.05) is 23.4 Å². The minimum absolute atomic E-state index is 0.159. The quantitative estimate of drug-likeness (QED) is 0.522. The van der Waals surface area contributed by atoms with E-state index in [1.165, 1.54) is 0 Å². The van der Waals surface area contributed by atoms with E-state index in [0.717, 1.165) is 42.9 Å². The fraction of sp³-hybridized carbons (Fsp3) is 0.333. The van der Waals surface area contributed by atoms with Gasteiger partial charge in [-0.15, -0.1) is 0 Å². The Morgan fingerprint density at radius 3 is 2.87 bits per heavy atom. The molecule has 0 aliphatic carbocycles. The molecule has 30 heavy (non-hydrogen) atoms. The lowest BCUT2D eigenvalue weighted by atomic mass is 9.94. The van der Waals surface area contributed by atoms with Crippen LogP contribution >= 0.6 is 11.6 Å². The van der Waals surface area contributed by atoms with Crippen LogP contribution in [0.25, 0.3) is 17.1 Å². The summed E-state index contributed by atoms with van der Waals surface area (Å²) in [6.07, 6.45) is 2.39. The number of aromatic amines is 1. The molecule has 5 rings (SSSR count). The van der Waals surface area contributed by atoms with Gasteiger partial charge in [-0.1, -0.05) is 35.0 Å². The van der Waals surface area contributed by atoms with Crippen LogP contribution in [0.2, 0.25) is 5.02 Å². The van der Waals surface area contributed by atoms with Gasteiger partial charge in [0.1, 0.15) is 11.2 Å². The van der Waals surface area contributed by atoms with Crippen LogP contribution in [-0.2, 0) is 6.42 Å². The average molecular weight is 425 g/mol. The lowest BCUT2D eigenvalue weighted by molar-refractivity contribution is 0.424. The monoisotopic (exact) mass is 424 g/mol. The van der Waals surface area contributed by atoms with E-state index in [1.54, 1.807) is 6.07 Å². The highest BCUT2D eigenvalue weighted by Crippen LogP contribution is 2.30. The number of aromatic nitrogens is 5. The summed E-state index contributed by atoms with van der Waals surface area (Å²) in [5.74, 6) is 1.14. The Kier molecular flexibility index (Phi) is 4.88. The van der Waals surface area contributed by atoms with Gasteiger partial charge < -0.3 is 14.8 Å². The van der Waals surface area contributed by atoms with E-state index in [1.807, 2.05) is 35.7 Å². The summed E-state index contributed by atoms with van der Waals surface area (Å²) in [5.41, 5.74) is 3.64. The maximum atomic E-state index is 12.4. The van der Waals surface area contributed by atoms with Crippen LogP contribution in [0, 0.1) is 6.92 Å². The van der Waals surface area contributed by atoms with E-state index in [9.17, 15) is 4.79 Å². The van der Waals surface area contributed by atoms with E-state index in [4.69, 9.17) is 21.2 Å². The van der Waals surface area contributed by atoms with E-state index in [-0.39, 0.29) is 11.5 Å². The number of aryl methyl sites for hydroxylation is 1. The molecular formula is C21H21ClN6O2. The summed E-state index contributed by atoms with van der Waals surface area (Å²) in [7, 11) is 0. The molecule has 1 aliphatic heterocycles. The van der Waals surface area contributed by atoms with Crippen molar-refractivity contribution >= 4 is 17.2 Å². The summed E-state index contributed by atoms with van der Waals surface area (Å²) in [4.78, 5) is 19.9. The van der Waals surface area contributed by atoms with Crippen LogP contribution in [-0.4, -0.2) is 37.8 Å². The van der Waals surface area contributed by atoms with Gasteiger partial charge in [-0.2, -0.15) is 10.1 Å². The van der Waals surface area contributed by atoms with Crippen molar-refractivity contribution in [3.05, 3.63) is 68.5 Å². The van der Waals surface area contributed by atoms with Gasteiger partial charge in [0.25, 0.3) is 11.4 Å². The van der Waals surface area contributed by atoms with E-state index < -0.39 is 0 Å². The summed E-state index contributed by atoms with van der Waals surface area (Å²) in [6, 6.07) is 9.22. The molecule has 0 unspecified atom stereocenters. The molecule has 9 heteroatoms. The van der Waals surface area contributed by atoms with Crippen LogP contribution in [0.1, 0.15) is 41.5 Å². The summed E-state index contributed by atoms with van der Waals surface area (Å²) in [6.45, 7) is 3.74. The van der Waals surface area contributed by atoms with Crippen molar-refractivity contribution < 1.29 is 4.52 Å². The Morgan fingerprint density at radius 1 is 1.27 bits per heavy atom. The molecule has 8 nitrogen and oxygen atoms in total. The third-order valence-electron chi connectivity index (χ3n) is 5.57. The molecule has 0 spiro atoms. The highest BCUT2D eigenvalue weighted by Gasteiger charge is 2.24. The second kappa shape index (κ2) is 7.70. The predicted molar refractivity (Wildman–Crippen MR) is 113 cm³/mol. The second-order valence-corrected chi connectivity index (χ2v) is 7.99. The predicted octanol–water partition coefficient (Wildman–Crippen LogP) is 3.09. The van der Waals surface area contributed by atoms with Crippen molar-refractivity contribution in [2.75, 3.05) is 13.1 Å². The Labute approximate surface area is 177 Å². The lowest BCUT2D eigenvalue weighted by Crippen LogP contribution is -2.28. The number of hydrogen-bond donors (Lipinski definition) is 2. The molecular weight excluding hydrogens is 404 g/mol. The minimum Gasteiger partial charge on any atom is -0.334 e. The zero-order valence-corrected chi connectivity index (χ0v) is 17.2. The number of halogens is 1. The summed E-state index contributed by atoms with van der Waals surface area (Å²) < 4.78 is 7.37. The van der Waals surface area contributed by atoms with Crippen LogP contribution in [0.4, 0.5) is 0 Å². The van der Waals surface area contributed by atoms with Crippen molar-refractivity contribution in [2.45, 2.75) is 32.1 Å². The first-order valence-corrected chi connectivity index (χ1v) is 10.4. The molecule has 154 valence electrons. The second-order valence-electron chi connectivity index (χ2n) is 7.59. The Bertz CT molecular complexity index is 1270. The summed E-state index contributed by atoms with van der Waals surface area (Å²) in [5, 5.41) is 12.8. The van der Waals surface area contributed by atoms with Crippen molar-refractivity contribution in [1.82, 2.24) is 30.1 Å². The molecule has 1 fully saturated rings. The number of fused-ring (bicyclic) bond motifs is 1. The van der Waals surface area contributed by atoms with E-state index in [0.29, 0.717) is 34.4 Å². The zero-order valence-electron chi connectivity index (χ0n) is 16.5. The number of rotatable bonds is 4. The van der Waals surface area contributed by atoms with Gasteiger partial charge in [-0.3, -0.25) is 4.79 Å². The van der Waals surface area contributed by atoms with Crippen molar-refractivity contribution in [2.24, 2.45) is 0 Å². The fourth-order valence-corrected chi connectivity index (χ4v) is 4.28. The minimum atomic E-state index is -0.159. The zero-order chi connectivity index (χ0) is 20.7. The molecule has 0 bridgehead atoms. The smallest absolute Gasteiger partial charge is 0.263 e. The molecule has 1 aromatic carbocycles. The Hall–Kier alpha value is -2.97. The number of hydrogen-bond acceptors (Lipinski definition) is 6. The number of benzene rings is 1. The molecule has 3 aromatic heterocycles. The van der Waals surface area contributed by atoms with Crippen molar-refractivity contribution in [1.29, 1.82) is 0 Å². The van der Waals surface area contributed by atoms with E-state index in [2.05, 4.69) is 20.4 Å². The first-order chi connectivity index (χ1) is 14.6. The topological polar surface area (TPSA) is 101 Å². The number of piperidine rings is 1. The molecule has 1 aliphatic rings. The maximum Gasteiger partial charge on any atom is 0.263 e. The van der Waals surface area contributed by atoms with Gasteiger partial charge in [-0.05, 0) is 44.5 Å². The average Bonchev–Trinajstić information content (AvgIpc) is 3.33. The molecule has 0 radical (unpaired) electrons. The van der Waals surface area contributed by atoms with Gasteiger partial charge in [0.05, 0.1) is 11.4 Å². The van der Waals surface area contributed by atoms with Crippen LogP contribution in [0.3, 0.4) is 0 Å². The van der Waals surface area contributed by atoms with Crippen LogP contribution < -0.4 is 10.9 Å². The molecule has 4 heterocycles. The molecule has 0 amide bonds. The van der Waals surface area contributed by atoms with Gasteiger partial charge in [0.15, 0.2) is 5.82 Å². The van der Waals surface area contributed by atoms with Gasteiger partial charge >= 0.3 is 0 Å². The first-order valence-electron chi connectivity index (χ1n) is 10.00. The van der Waals surface area contributed by atoms with Crippen molar-refractivity contribution in [3.63, 3.8) is 0 Å². The molecule has 0 atom stereocenters. The third kappa shape index (κ3) is 3.42. The van der Waals surface area contributed by atoms with Gasteiger partial charge in [-0.25, -0.2) is 4.52 Å². The van der Waals surface area contributed by atoms with Crippen molar-refractivity contribution in [3.8, 4) is 11.5 Å². The third-order valence-corrected chi connectivity index (χ3v) is 5.94. The summed E-state index contributed by atoms with van der Waals surface area (Å²) >= 11 is 6.25. The van der Waals surface area contributed by atoms with E-state index >= 15 is 0 Å². The number of H-pyrrole nitrogens is 1. The maximum absolute atomic E-state index is 12.4. The Balaban J connectivity index is 1.56. The first kappa shape index (κ1) is 19.0. The largest absolute Gasteiger partial charge is 0.334 e. The van der Waals surface area contributed by atoms with Crippen LogP contribution in [0.15, 0.2) is 39.6 Å². The standard InChI is InChI=1S/C21H21ClN6O2/c1-12-19(21-24-17(27-30-21)10-14-4-2-3-5-15(14)22)20-25-18(29)11-16(28(20)26-12)13-6-8-23-9-7-13/h2-5,11,13,23H,6-10H2,1H3,(H,25,29). The normalized spacial score (nSPS) is 15.1. The lowest BCUT2D eigenvalue weighted by Gasteiger charge is -2.23. The molecule has 0 saturated carbocycles. The highest BCUT2D eigenvalue weighted by molar-refractivity contribution is 6.31. The van der Waals surface area contributed by atoms with Gasteiger partial charge in [0.2, 0.25) is 0 Å². The molecule has 4 aromatic rings. The number of nitrogens with zero attached hydrogens (tertiary/aromatic N) is 4. The van der Waals surface area contributed by atoms with Crippen LogP contribution in [0.5, 0.6) is 0 Å². The SMILES string of the molecule is Cc1nn2c(C3CCNCC3)cc(=O)[nH]c2c1-c1nc(Cc2ccccc2Cl)no1.